The molecule has 2 heterocycles. The normalized spacial score (nSPS) is 21.4. The minimum Gasteiger partial charge on any atom is -0.347 e. The van der Waals surface area contributed by atoms with Crippen molar-refractivity contribution in [1.82, 2.24) is 10.2 Å². The number of nitrogens with one attached hydrogen (secondary N) is 1. The molecule has 1 N–H and O–H groups in total. The number of imide groups is 1. The maximum atomic E-state index is 14.0. The van der Waals surface area contributed by atoms with Crippen molar-refractivity contribution in [3.8, 4) is 0 Å². The van der Waals surface area contributed by atoms with Gasteiger partial charge in [0.2, 0.25) is 0 Å². The molecule has 2 atom stereocenters. The SMILES string of the molecule is O=C(NC1CN2C(=O)N(c3cc(Cl)cc(Cl)c3)C(=O)C2(Cc2ccc(Br)cc2)C1)c1ccccc1. The van der Waals surface area contributed by atoms with Crippen LogP contribution in [0.2, 0.25) is 10.0 Å². The molecule has 2 saturated heterocycles. The van der Waals surface area contributed by atoms with Gasteiger partial charge in [0.1, 0.15) is 5.54 Å². The van der Waals surface area contributed by atoms with Gasteiger partial charge in [0.25, 0.3) is 11.8 Å². The number of nitrogens with zero attached hydrogens (tertiary/aromatic N) is 2. The lowest BCUT2D eigenvalue weighted by Crippen LogP contribution is -2.47. The molecular formula is C26H20BrCl2N3O3. The maximum absolute atomic E-state index is 14.0. The lowest BCUT2D eigenvalue weighted by molar-refractivity contribution is -0.124. The Morgan fingerprint density at radius 1 is 1.00 bits per heavy atom. The summed E-state index contributed by atoms with van der Waals surface area (Å²) in [7, 11) is 0. The highest BCUT2D eigenvalue weighted by atomic mass is 79.9. The zero-order chi connectivity index (χ0) is 24.7. The van der Waals surface area contributed by atoms with E-state index in [4.69, 9.17) is 23.2 Å². The first-order valence-corrected chi connectivity index (χ1v) is 12.5. The van der Waals surface area contributed by atoms with Crippen LogP contribution in [0.5, 0.6) is 0 Å². The molecule has 0 radical (unpaired) electrons. The van der Waals surface area contributed by atoms with E-state index >= 15 is 0 Å². The fraction of sp³-hybridized carbons (Fsp3) is 0.192. The van der Waals surface area contributed by atoms with Crippen LogP contribution < -0.4 is 10.2 Å². The molecule has 9 heteroatoms. The highest BCUT2D eigenvalue weighted by Crippen LogP contribution is 2.43. The van der Waals surface area contributed by atoms with Crippen molar-refractivity contribution < 1.29 is 14.4 Å². The number of hydrogen-bond donors (Lipinski definition) is 1. The largest absolute Gasteiger partial charge is 0.347 e. The van der Waals surface area contributed by atoms with Crippen LogP contribution in [0.4, 0.5) is 10.5 Å². The molecule has 5 rings (SSSR count). The van der Waals surface area contributed by atoms with Gasteiger partial charge < -0.3 is 10.2 Å². The second kappa shape index (κ2) is 9.30. The molecule has 0 spiro atoms. The summed E-state index contributed by atoms with van der Waals surface area (Å²) >= 11 is 15.8. The highest BCUT2D eigenvalue weighted by Gasteiger charge is 2.62. The molecule has 6 nitrogen and oxygen atoms in total. The number of carbonyl (C=O) groups is 3. The molecule has 4 amide bonds. The molecule has 3 aromatic rings. The average Bonchev–Trinajstić information content (AvgIpc) is 3.27. The molecule has 178 valence electrons. The Bertz CT molecular complexity index is 1300. The van der Waals surface area contributed by atoms with E-state index in [1.165, 1.54) is 0 Å². The summed E-state index contributed by atoms with van der Waals surface area (Å²) in [4.78, 5) is 43.1. The second-order valence-corrected chi connectivity index (χ2v) is 10.5. The van der Waals surface area contributed by atoms with Crippen molar-refractivity contribution in [3.05, 3.63) is 98.4 Å². The zero-order valence-electron chi connectivity index (χ0n) is 18.4. The number of fused-ring (bicyclic) bond motifs is 1. The van der Waals surface area contributed by atoms with Crippen LogP contribution in [0.1, 0.15) is 22.3 Å². The Kier molecular flexibility index (Phi) is 6.34. The van der Waals surface area contributed by atoms with Crippen molar-refractivity contribution in [3.63, 3.8) is 0 Å². The maximum Gasteiger partial charge on any atom is 0.332 e. The van der Waals surface area contributed by atoms with Crippen LogP contribution in [-0.2, 0) is 11.2 Å². The van der Waals surface area contributed by atoms with Gasteiger partial charge in [-0.3, -0.25) is 9.59 Å². The van der Waals surface area contributed by atoms with Gasteiger partial charge in [0.05, 0.1) is 5.69 Å². The Balaban J connectivity index is 1.49. The number of urea groups is 1. The standard InChI is InChI=1S/C26H20BrCl2N3O3/c27-18-8-6-16(7-9-18)13-26-14-21(30-23(33)17-4-2-1-3-5-17)15-31(26)25(35)32(24(26)34)22-11-19(28)10-20(29)12-22/h1-12,21H,13-15H2,(H,30,33). The molecule has 0 aliphatic carbocycles. The van der Waals surface area contributed by atoms with Gasteiger partial charge in [0.15, 0.2) is 0 Å². The van der Waals surface area contributed by atoms with Gasteiger partial charge in [-0.25, -0.2) is 9.69 Å². The van der Waals surface area contributed by atoms with Crippen LogP contribution in [0.25, 0.3) is 0 Å². The van der Waals surface area contributed by atoms with Crippen molar-refractivity contribution in [2.45, 2.75) is 24.4 Å². The predicted molar refractivity (Wildman–Crippen MR) is 139 cm³/mol. The van der Waals surface area contributed by atoms with Gasteiger partial charge >= 0.3 is 6.03 Å². The predicted octanol–water partition coefficient (Wildman–Crippen LogP) is 5.71. The van der Waals surface area contributed by atoms with E-state index in [1.807, 2.05) is 30.3 Å². The van der Waals surface area contributed by atoms with Crippen LogP contribution in [-0.4, -0.2) is 40.9 Å². The summed E-state index contributed by atoms with van der Waals surface area (Å²) in [6, 6.07) is 20.3. The Hall–Kier alpha value is -2.87. The molecule has 0 aromatic heterocycles. The average molecular weight is 573 g/mol. The number of amides is 4. The van der Waals surface area contributed by atoms with Crippen LogP contribution in [0.15, 0.2) is 77.3 Å². The lowest BCUT2D eigenvalue weighted by atomic mass is 9.87. The third-order valence-corrected chi connectivity index (χ3v) is 7.38. The van der Waals surface area contributed by atoms with Gasteiger partial charge in [-0.15, -0.1) is 0 Å². The minimum atomic E-state index is -1.14. The quantitative estimate of drug-likeness (QED) is 0.398. The summed E-state index contributed by atoms with van der Waals surface area (Å²) in [5.41, 5.74) is 0.607. The fourth-order valence-corrected chi connectivity index (χ4v) is 5.67. The number of carbonyl (C=O) groups excluding carboxylic acids is 3. The molecule has 2 unspecified atom stereocenters. The van der Waals surface area contributed by atoms with Gasteiger partial charge in [-0.2, -0.15) is 0 Å². The lowest BCUT2D eigenvalue weighted by Gasteiger charge is -2.28. The van der Waals surface area contributed by atoms with Gasteiger partial charge in [-0.1, -0.05) is 69.5 Å². The van der Waals surface area contributed by atoms with E-state index in [-0.39, 0.29) is 30.8 Å². The molecule has 2 fully saturated rings. The number of hydrogen-bond acceptors (Lipinski definition) is 3. The summed E-state index contributed by atoms with van der Waals surface area (Å²) in [5, 5.41) is 3.66. The third kappa shape index (κ3) is 4.44. The van der Waals surface area contributed by atoms with E-state index in [0.29, 0.717) is 27.7 Å². The van der Waals surface area contributed by atoms with Gasteiger partial charge in [-0.05, 0) is 48.0 Å². The molecule has 3 aromatic carbocycles. The van der Waals surface area contributed by atoms with Crippen molar-refractivity contribution >= 4 is 62.7 Å². The van der Waals surface area contributed by atoms with E-state index in [9.17, 15) is 14.4 Å². The van der Waals surface area contributed by atoms with E-state index < -0.39 is 11.6 Å². The first kappa shape index (κ1) is 23.9. The Morgan fingerprint density at radius 2 is 1.66 bits per heavy atom. The first-order chi connectivity index (χ1) is 16.8. The number of halogens is 3. The molecule has 2 aliphatic rings. The van der Waals surface area contributed by atoms with Crippen LogP contribution >= 0.6 is 39.1 Å². The monoisotopic (exact) mass is 571 g/mol. The second-order valence-electron chi connectivity index (χ2n) is 8.74. The minimum absolute atomic E-state index is 0.213. The zero-order valence-corrected chi connectivity index (χ0v) is 21.5. The van der Waals surface area contributed by atoms with Crippen LogP contribution in [0.3, 0.4) is 0 Å². The molecule has 35 heavy (non-hydrogen) atoms. The van der Waals surface area contributed by atoms with Crippen molar-refractivity contribution in [2.24, 2.45) is 0 Å². The first-order valence-electron chi connectivity index (χ1n) is 11.0. The summed E-state index contributed by atoms with van der Waals surface area (Å²) in [6.07, 6.45) is 0.602. The Morgan fingerprint density at radius 3 is 2.31 bits per heavy atom. The summed E-state index contributed by atoms with van der Waals surface area (Å²) in [5.74, 6) is -0.603. The fourth-order valence-electron chi connectivity index (χ4n) is 4.89. The molecular weight excluding hydrogens is 553 g/mol. The molecule has 0 saturated carbocycles. The summed E-state index contributed by atoms with van der Waals surface area (Å²) in [6.45, 7) is 0.213. The number of benzene rings is 3. The van der Waals surface area contributed by atoms with Gasteiger partial charge in [0, 0.05) is 45.5 Å². The topological polar surface area (TPSA) is 69.7 Å². The molecule has 2 aliphatic heterocycles. The number of rotatable bonds is 5. The number of anilines is 1. The van der Waals surface area contributed by atoms with E-state index in [0.717, 1.165) is 14.9 Å². The van der Waals surface area contributed by atoms with Crippen molar-refractivity contribution in [2.75, 3.05) is 11.4 Å². The Labute approximate surface area is 220 Å². The molecule has 0 bridgehead atoms. The summed E-state index contributed by atoms with van der Waals surface area (Å²) < 4.78 is 0.916. The van der Waals surface area contributed by atoms with Crippen molar-refractivity contribution in [1.29, 1.82) is 0 Å². The highest BCUT2D eigenvalue weighted by molar-refractivity contribution is 9.10. The van der Waals surface area contributed by atoms with Crippen LogP contribution in [0, 0.1) is 0 Å². The van der Waals surface area contributed by atoms with E-state index in [1.54, 1.807) is 47.4 Å². The third-order valence-electron chi connectivity index (χ3n) is 6.41. The smallest absolute Gasteiger partial charge is 0.332 e. The van der Waals surface area contributed by atoms with E-state index in [2.05, 4.69) is 21.2 Å².